The predicted molar refractivity (Wildman–Crippen MR) is 46.2 cm³/mol. The van der Waals surface area contributed by atoms with Crippen LogP contribution in [0.25, 0.3) is 0 Å². The van der Waals surface area contributed by atoms with E-state index < -0.39 is 34.1 Å². The summed E-state index contributed by atoms with van der Waals surface area (Å²) in [7, 11) is 0. The van der Waals surface area contributed by atoms with Crippen LogP contribution >= 0.6 is 0 Å². The summed E-state index contributed by atoms with van der Waals surface area (Å²) in [6.07, 6.45) is 0. The maximum absolute atomic E-state index is 10.0. The first-order valence-corrected chi connectivity index (χ1v) is 4.60. The van der Waals surface area contributed by atoms with Crippen molar-refractivity contribution in [2.75, 3.05) is 0 Å². The Labute approximate surface area is 164 Å². The zero-order valence-corrected chi connectivity index (χ0v) is 10.2. The van der Waals surface area contributed by atoms with Gasteiger partial charge in [-0.2, -0.15) is 12.6 Å². The van der Waals surface area contributed by atoms with E-state index in [0.29, 0.717) is 0 Å². The van der Waals surface area contributed by atoms with Gasteiger partial charge < -0.3 is 0 Å². The van der Waals surface area contributed by atoms with Crippen LogP contribution < -0.4 is 0 Å². The first-order chi connectivity index (χ1) is 4.52. The average molecular weight is 474 g/mol. The van der Waals surface area contributed by atoms with E-state index in [1.807, 2.05) is 0 Å². The van der Waals surface area contributed by atoms with Crippen molar-refractivity contribution in [1.29, 1.82) is 0 Å². The van der Waals surface area contributed by atoms with Crippen molar-refractivity contribution in [3.8, 4) is 0 Å². The summed E-state index contributed by atoms with van der Waals surface area (Å²) in [4.78, 5) is 0. The third-order valence-electron chi connectivity index (χ3n) is 0.228. The molecule has 14 heteroatoms. The SMILES string of the molecule is O=S(O)OS(=O)OS(=O)O.[Ag].[Ag].[NaH].[NaH]. The first-order valence-electron chi connectivity index (χ1n) is 1.53. The predicted octanol–water partition coefficient (Wildman–Crippen LogP) is -2.43. The molecule has 14 heavy (non-hydrogen) atoms. The summed E-state index contributed by atoms with van der Waals surface area (Å²) in [5, 5.41) is 0. The van der Waals surface area contributed by atoms with Gasteiger partial charge in [0.2, 0.25) is 0 Å². The average Bonchev–Trinajstić information content (AvgIpc) is 1.58. The third kappa shape index (κ3) is 24.8. The van der Waals surface area contributed by atoms with Gasteiger partial charge in [-0.3, -0.25) is 9.11 Å². The van der Waals surface area contributed by atoms with Crippen LogP contribution in [-0.4, -0.2) is 80.8 Å². The molecule has 0 aliphatic heterocycles. The van der Waals surface area contributed by atoms with Crippen molar-refractivity contribution in [2.24, 2.45) is 0 Å². The fourth-order valence-corrected chi connectivity index (χ4v) is 1.16. The molecule has 2 N–H and O–H groups in total. The monoisotopic (exact) mass is 472 g/mol. The molecule has 0 saturated heterocycles. The molecule has 0 bridgehead atoms. The molecular formula is H4Ag2Na2O7S3. The molecule has 0 amide bonds. The fourth-order valence-electron chi connectivity index (χ4n) is 0.106. The summed E-state index contributed by atoms with van der Waals surface area (Å²) in [5.74, 6) is 0. The second-order valence-corrected chi connectivity index (χ2v) is 3.14. The molecule has 2 atom stereocenters. The van der Waals surface area contributed by atoms with Crippen molar-refractivity contribution in [1.82, 2.24) is 0 Å². The molecule has 2 radical (unpaired) electrons. The Hall–Kier alpha value is 3.77. The van der Waals surface area contributed by atoms with Crippen LogP contribution in [0.2, 0.25) is 0 Å². The van der Waals surface area contributed by atoms with Gasteiger partial charge in [-0.05, 0) is 0 Å². The topological polar surface area (TPSA) is 110 Å². The molecule has 0 heterocycles. The maximum atomic E-state index is 10.0. The molecule has 0 rings (SSSR count). The van der Waals surface area contributed by atoms with E-state index in [1.165, 1.54) is 0 Å². The normalized spacial score (nSPS) is 14.1. The Bertz CT molecular complexity index is 168. The molecule has 0 aromatic carbocycles. The Morgan fingerprint density at radius 3 is 1.14 bits per heavy atom. The molecule has 0 aromatic heterocycles. The molecule has 0 saturated carbocycles. The van der Waals surface area contributed by atoms with Crippen molar-refractivity contribution >= 4 is 93.2 Å². The fraction of sp³-hybridized carbons (Fsp3) is 0. The van der Waals surface area contributed by atoms with Crippen LogP contribution in [0.15, 0.2) is 0 Å². The molecule has 0 aliphatic carbocycles. The van der Waals surface area contributed by atoms with Gasteiger partial charge in [0.05, 0.1) is 0 Å². The molecule has 0 aliphatic rings. The molecule has 0 aromatic rings. The molecule has 0 fully saturated rings. The molecule has 0 spiro atoms. The second kappa shape index (κ2) is 19.1. The van der Waals surface area contributed by atoms with E-state index in [4.69, 9.17) is 9.11 Å². The van der Waals surface area contributed by atoms with Gasteiger partial charge in [0, 0.05) is 44.8 Å². The van der Waals surface area contributed by atoms with Crippen LogP contribution in [0, 0.1) is 0 Å². The van der Waals surface area contributed by atoms with Gasteiger partial charge in [-0.15, -0.1) is 7.26 Å². The van der Waals surface area contributed by atoms with E-state index in [1.54, 1.807) is 0 Å². The molecule has 88 valence electrons. The zero-order chi connectivity index (χ0) is 8.15. The minimum atomic E-state index is -2.78. The van der Waals surface area contributed by atoms with Gasteiger partial charge in [-0.1, -0.05) is 0 Å². The van der Waals surface area contributed by atoms with Crippen molar-refractivity contribution in [3.63, 3.8) is 0 Å². The van der Waals surface area contributed by atoms with Gasteiger partial charge in [0.25, 0.3) is 0 Å². The minimum absolute atomic E-state index is 0. The van der Waals surface area contributed by atoms with E-state index in [-0.39, 0.29) is 104 Å². The van der Waals surface area contributed by atoms with Crippen LogP contribution in [0.1, 0.15) is 0 Å². The van der Waals surface area contributed by atoms with Gasteiger partial charge in [0.1, 0.15) is 0 Å². The van der Waals surface area contributed by atoms with Crippen LogP contribution in [0.4, 0.5) is 0 Å². The standard InChI is InChI=1S/2Ag.2Na.H2O7S3.2H/c;;;;1-8(2)6-10(5)7-9(3)4;;/h;;;;(H,1,2)(H,3,4);;. The van der Waals surface area contributed by atoms with Crippen molar-refractivity contribution < 1.29 is 73.8 Å². The van der Waals surface area contributed by atoms with E-state index in [0.717, 1.165) is 0 Å². The summed E-state index contributed by atoms with van der Waals surface area (Å²) in [5.41, 5.74) is 0. The van der Waals surface area contributed by atoms with Gasteiger partial charge >= 0.3 is 93.2 Å². The summed E-state index contributed by atoms with van der Waals surface area (Å²) in [6.45, 7) is 0. The van der Waals surface area contributed by atoms with Crippen LogP contribution in [0.3, 0.4) is 0 Å². The van der Waals surface area contributed by atoms with Crippen LogP contribution in [0.5, 0.6) is 0 Å². The summed E-state index contributed by atoms with van der Waals surface area (Å²) >= 11 is -8.25. The Morgan fingerprint density at radius 1 is 0.786 bits per heavy atom. The van der Waals surface area contributed by atoms with E-state index in [2.05, 4.69) is 7.26 Å². The van der Waals surface area contributed by atoms with Crippen LogP contribution in [-0.2, 0) is 86.1 Å². The molecular weight excluding hydrogens is 470 g/mol. The Morgan fingerprint density at radius 2 is 1.00 bits per heavy atom. The number of rotatable bonds is 4. The Balaban J connectivity index is -0.0000000675. The molecule has 2 unspecified atom stereocenters. The Kier molecular flexibility index (Phi) is 41.8. The van der Waals surface area contributed by atoms with E-state index in [9.17, 15) is 12.6 Å². The molecule has 7 nitrogen and oxygen atoms in total. The number of hydrogen-bond acceptors (Lipinski definition) is 5. The number of hydrogen-bond donors (Lipinski definition) is 2. The van der Waals surface area contributed by atoms with Gasteiger partial charge in [-0.25, -0.2) is 0 Å². The van der Waals surface area contributed by atoms with Crippen molar-refractivity contribution in [3.05, 3.63) is 0 Å². The van der Waals surface area contributed by atoms with Crippen molar-refractivity contribution in [2.45, 2.75) is 0 Å². The zero-order valence-electron chi connectivity index (χ0n) is 4.76. The quantitative estimate of drug-likeness (QED) is 0.345. The summed E-state index contributed by atoms with van der Waals surface area (Å²) < 4.78 is 51.9. The van der Waals surface area contributed by atoms with E-state index >= 15 is 0 Å². The second-order valence-electron chi connectivity index (χ2n) is 0.774. The first kappa shape index (κ1) is 30.6. The third-order valence-corrected chi connectivity index (χ3v) is 2.05. The summed E-state index contributed by atoms with van der Waals surface area (Å²) in [6, 6.07) is 0. The van der Waals surface area contributed by atoms with Gasteiger partial charge in [0.15, 0.2) is 0 Å².